The minimum Gasteiger partial charge on any atom is -0.506 e. The van der Waals surface area contributed by atoms with E-state index in [1.54, 1.807) is 12.1 Å². The molecule has 2 aromatic rings. The van der Waals surface area contributed by atoms with Gasteiger partial charge in [-0.15, -0.1) is 0 Å². The molecule has 0 aliphatic heterocycles. The molecule has 26 heavy (non-hydrogen) atoms. The van der Waals surface area contributed by atoms with Crippen LogP contribution in [0.1, 0.15) is 5.56 Å². The fourth-order valence-corrected chi connectivity index (χ4v) is 5.72. The van der Waals surface area contributed by atoms with Crippen molar-refractivity contribution in [2.45, 2.75) is 12.5 Å². The van der Waals surface area contributed by atoms with Crippen molar-refractivity contribution in [1.82, 2.24) is 0 Å². The van der Waals surface area contributed by atoms with Gasteiger partial charge in [0.1, 0.15) is 17.5 Å². The number of hydrogen-bond acceptors (Lipinski definition) is 4. The molecule has 0 saturated heterocycles. The van der Waals surface area contributed by atoms with Crippen LogP contribution in [0.3, 0.4) is 0 Å². The zero-order chi connectivity index (χ0) is 18.0. The number of aliphatic carboxylic acids is 1. The third-order valence-corrected chi connectivity index (χ3v) is 6.29. The van der Waals surface area contributed by atoms with E-state index in [1.165, 1.54) is 0 Å². The minimum absolute atomic E-state index is 0. The SMILES string of the molecule is N[C@@H](Cc1cc(I)c(Oc2cc(I)c(O)c(I)c2)c(I)c1)C(=O)O.[Na].[Na]. The zero-order valence-corrected chi connectivity index (χ0v) is 26.5. The molecule has 1 atom stereocenters. The summed E-state index contributed by atoms with van der Waals surface area (Å²) in [7, 11) is 0. The van der Waals surface area contributed by atoms with Crippen molar-refractivity contribution in [1.29, 1.82) is 0 Å². The van der Waals surface area contributed by atoms with E-state index in [4.69, 9.17) is 15.6 Å². The number of carbonyl (C=O) groups is 1. The second-order valence-electron chi connectivity index (χ2n) is 4.88. The molecule has 0 spiro atoms. The summed E-state index contributed by atoms with van der Waals surface area (Å²) < 4.78 is 9.14. The number of benzene rings is 2. The van der Waals surface area contributed by atoms with Gasteiger partial charge in [-0.2, -0.15) is 0 Å². The monoisotopic (exact) mass is 823 g/mol. The van der Waals surface area contributed by atoms with Crippen LogP contribution in [-0.4, -0.2) is 81.3 Å². The molecule has 0 unspecified atom stereocenters. The Balaban J connectivity index is 0.00000312. The second kappa shape index (κ2) is 12.9. The number of carboxylic acids is 1. The topological polar surface area (TPSA) is 92.8 Å². The van der Waals surface area contributed by atoms with Gasteiger partial charge in [0, 0.05) is 59.1 Å². The third kappa shape index (κ3) is 7.91. The van der Waals surface area contributed by atoms with E-state index >= 15 is 0 Å². The molecule has 0 bridgehead atoms. The van der Waals surface area contributed by atoms with Crippen LogP contribution < -0.4 is 10.5 Å². The first-order valence-corrected chi connectivity index (χ1v) is 10.8. The Bertz CT molecular complexity index is 761. The van der Waals surface area contributed by atoms with Crippen molar-refractivity contribution in [2.75, 3.05) is 0 Å². The van der Waals surface area contributed by atoms with E-state index in [-0.39, 0.29) is 71.3 Å². The van der Waals surface area contributed by atoms with Crippen LogP contribution in [0, 0.1) is 14.3 Å². The van der Waals surface area contributed by atoms with Crippen LogP contribution in [-0.2, 0) is 11.2 Å². The molecule has 2 radical (unpaired) electrons. The van der Waals surface area contributed by atoms with Crippen LogP contribution in [0.4, 0.5) is 0 Å². The molecule has 0 amide bonds. The zero-order valence-electron chi connectivity index (χ0n) is 13.9. The molecular weight excluding hydrogens is 812 g/mol. The summed E-state index contributed by atoms with van der Waals surface area (Å²) in [6.07, 6.45) is 0.261. The summed E-state index contributed by atoms with van der Waals surface area (Å²) in [6, 6.07) is 6.34. The average Bonchev–Trinajstić information content (AvgIpc) is 2.48. The number of aromatic hydroxyl groups is 1. The molecule has 130 valence electrons. The summed E-state index contributed by atoms with van der Waals surface area (Å²) >= 11 is 8.42. The van der Waals surface area contributed by atoms with E-state index in [2.05, 4.69) is 90.4 Å². The molecular formula is C15H11I4NNa2O4. The van der Waals surface area contributed by atoms with E-state index in [0.717, 1.165) is 12.7 Å². The number of ether oxygens (including phenoxy) is 1. The Labute approximate surface area is 250 Å². The van der Waals surface area contributed by atoms with E-state index in [1.807, 2.05) is 12.1 Å². The summed E-state index contributed by atoms with van der Waals surface area (Å²) in [5, 5.41) is 18.8. The molecule has 11 heteroatoms. The second-order valence-corrected chi connectivity index (χ2v) is 9.52. The molecule has 0 aliphatic rings. The number of nitrogens with two attached hydrogens (primary N) is 1. The molecule has 2 rings (SSSR count). The fourth-order valence-electron chi connectivity index (χ4n) is 1.89. The quantitative estimate of drug-likeness (QED) is 0.316. The van der Waals surface area contributed by atoms with Gasteiger partial charge in [0.2, 0.25) is 0 Å². The number of carboxylic acid groups (broad SMARTS) is 1. The van der Waals surface area contributed by atoms with Gasteiger partial charge in [0.05, 0.1) is 14.3 Å². The van der Waals surface area contributed by atoms with Gasteiger partial charge in [-0.1, -0.05) is 0 Å². The van der Waals surface area contributed by atoms with Crippen molar-refractivity contribution in [3.63, 3.8) is 0 Å². The minimum atomic E-state index is -1.02. The fraction of sp³-hybridized carbons (Fsp3) is 0.133. The molecule has 4 N–H and O–H groups in total. The first-order chi connectivity index (χ1) is 11.2. The summed E-state index contributed by atoms with van der Waals surface area (Å²) in [5.41, 5.74) is 6.44. The standard InChI is InChI=1S/C15H11I4NO4.2Na/c16-8-4-7(5-9(17)13(8)21)24-14-10(18)1-6(2-11(14)19)3-12(20)15(22)23;;/h1-2,4-5,12,21H,3,20H2,(H,22,23);;/t12-;;/m0../s1. The van der Waals surface area contributed by atoms with Gasteiger partial charge in [-0.25, -0.2) is 0 Å². The molecule has 0 aliphatic carbocycles. The molecule has 0 aromatic heterocycles. The van der Waals surface area contributed by atoms with Gasteiger partial charge in [0.25, 0.3) is 0 Å². The van der Waals surface area contributed by atoms with Gasteiger partial charge < -0.3 is 20.7 Å². The average molecular weight is 823 g/mol. The molecule has 2 aromatic carbocycles. The first kappa shape index (κ1) is 28.4. The third-order valence-electron chi connectivity index (χ3n) is 3.04. The maximum atomic E-state index is 10.9. The summed E-state index contributed by atoms with van der Waals surface area (Å²) in [6.45, 7) is 0. The van der Waals surface area contributed by atoms with Gasteiger partial charge in [-0.05, 0) is 127 Å². The molecule has 5 nitrogen and oxygen atoms in total. The Kier molecular flexibility index (Phi) is 14.1. The maximum absolute atomic E-state index is 10.9. The number of phenolic OH excluding ortho intramolecular Hbond substituents is 1. The van der Waals surface area contributed by atoms with Gasteiger partial charge >= 0.3 is 5.97 Å². The van der Waals surface area contributed by atoms with Crippen LogP contribution >= 0.6 is 90.4 Å². The van der Waals surface area contributed by atoms with E-state index < -0.39 is 12.0 Å². The van der Waals surface area contributed by atoms with E-state index in [9.17, 15) is 9.90 Å². The number of halogens is 4. The van der Waals surface area contributed by atoms with Crippen LogP contribution in [0.25, 0.3) is 0 Å². The van der Waals surface area contributed by atoms with Crippen molar-refractivity contribution in [2.24, 2.45) is 5.73 Å². The van der Waals surface area contributed by atoms with Gasteiger partial charge in [0.15, 0.2) is 5.75 Å². The number of rotatable bonds is 5. The van der Waals surface area contributed by atoms with Crippen molar-refractivity contribution >= 4 is 155 Å². The smallest absolute Gasteiger partial charge is 0.320 e. The van der Waals surface area contributed by atoms with Crippen LogP contribution in [0.15, 0.2) is 24.3 Å². The first-order valence-electron chi connectivity index (χ1n) is 6.51. The molecule has 0 fully saturated rings. The summed E-state index contributed by atoms with van der Waals surface area (Å²) in [5.74, 6) is 0.549. The Morgan fingerprint density at radius 3 is 1.88 bits per heavy atom. The summed E-state index contributed by atoms with van der Waals surface area (Å²) in [4.78, 5) is 10.9. The number of hydrogen-bond donors (Lipinski definition) is 3. The Morgan fingerprint density at radius 2 is 1.46 bits per heavy atom. The predicted molar refractivity (Wildman–Crippen MR) is 136 cm³/mol. The Morgan fingerprint density at radius 1 is 1.00 bits per heavy atom. The predicted octanol–water partition coefficient (Wildman–Crippen LogP) is 3.80. The van der Waals surface area contributed by atoms with Crippen molar-refractivity contribution in [3.8, 4) is 17.2 Å². The molecule has 0 saturated carbocycles. The molecule has 0 heterocycles. The number of phenols is 1. The van der Waals surface area contributed by atoms with E-state index in [0.29, 0.717) is 18.6 Å². The van der Waals surface area contributed by atoms with Crippen LogP contribution in [0.2, 0.25) is 0 Å². The maximum Gasteiger partial charge on any atom is 0.320 e. The van der Waals surface area contributed by atoms with Crippen molar-refractivity contribution in [3.05, 3.63) is 44.1 Å². The van der Waals surface area contributed by atoms with Crippen LogP contribution in [0.5, 0.6) is 17.2 Å². The largest absolute Gasteiger partial charge is 0.506 e. The van der Waals surface area contributed by atoms with Crippen molar-refractivity contribution < 1.29 is 19.7 Å². The van der Waals surface area contributed by atoms with Gasteiger partial charge in [-0.3, -0.25) is 4.79 Å². The normalized spacial score (nSPS) is 11.1. The Hall–Kier alpha value is 2.39.